The number of hydrogen-bond acceptors (Lipinski definition) is 4. The molecule has 0 aliphatic carbocycles. The zero-order valence-electron chi connectivity index (χ0n) is 10.7. The molecule has 2 rings (SSSR count). The molecule has 7 heteroatoms. The van der Waals surface area contributed by atoms with Crippen molar-refractivity contribution in [1.29, 1.82) is 0 Å². The van der Waals surface area contributed by atoms with Crippen LogP contribution in [0.3, 0.4) is 0 Å². The topological polar surface area (TPSA) is 101 Å². The van der Waals surface area contributed by atoms with Crippen molar-refractivity contribution in [1.82, 2.24) is 10.2 Å². The second-order valence-corrected chi connectivity index (χ2v) is 4.10. The average molecular weight is 272 g/mol. The van der Waals surface area contributed by atoms with Crippen LogP contribution in [0.5, 0.6) is 0 Å². The number of carbonyl (C=O) groups excluding carboxylic acids is 1. The minimum atomic E-state index is -0.481. The van der Waals surface area contributed by atoms with Crippen LogP contribution in [-0.2, 0) is 4.79 Å². The maximum absolute atomic E-state index is 11.7. The molecule has 0 bridgehead atoms. The molecule has 1 aromatic carbocycles. The fourth-order valence-corrected chi connectivity index (χ4v) is 1.55. The molecule has 1 aromatic heterocycles. The maximum Gasteiger partial charge on any atom is 0.270 e. The van der Waals surface area contributed by atoms with Gasteiger partial charge in [0.1, 0.15) is 5.82 Å². The lowest BCUT2D eigenvalue weighted by Crippen LogP contribution is -2.08. The molecule has 20 heavy (non-hydrogen) atoms. The summed E-state index contributed by atoms with van der Waals surface area (Å²) in [6.07, 6.45) is 4.41. The predicted octanol–water partition coefficient (Wildman–Crippen LogP) is 2.28. The minimum absolute atomic E-state index is 0.0167. The number of aromatic nitrogens is 2. The van der Waals surface area contributed by atoms with Crippen molar-refractivity contribution < 1.29 is 9.72 Å². The highest BCUT2D eigenvalue weighted by Crippen LogP contribution is 2.14. The Morgan fingerprint density at radius 1 is 1.50 bits per heavy atom. The van der Waals surface area contributed by atoms with E-state index in [9.17, 15) is 14.9 Å². The number of hydrogen-bond donors (Lipinski definition) is 2. The molecular formula is C13H12N4O3. The van der Waals surface area contributed by atoms with Crippen LogP contribution in [0.25, 0.3) is 6.08 Å². The van der Waals surface area contributed by atoms with Gasteiger partial charge in [-0.05, 0) is 18.6 Å². The third kappa shape index (κ3) is 3.29. The van der Waals surface area contributed by atoms with Crippen LogP contribution in [0.15, 0.2) is 36.5 Å². The summed E-state index contributed by atoms with van der Waals surface area (Å²) in [5.41, 5.74) is 1.38. The molecule has 0 unspecified atom stereocenters. The lowest BCUT2D eigenvalue weighted by atomic mass is 10.2. The molecule has 0 aliphatic heterocycles. The standard InChI is InChI=1S/C13H12N4O3/c1-9-8-14-16-13(9)15-12(18)6-5-10-3-2-4-11(7-10)17(19)20/h2-8H,1H3,(H2,14,15,16,18)/b6-5+. The zero-order valence-corrected chi connectivity index (χ0v) is 10.7. The number of carbonyl (C=O) groups is 1. The van der Waals surface area contributed by atoms with Gasteiger partial charge in [-0.2, -0.15) is 5.10 Å². The quantitative estimate of drug-likeness (QED) is 0.506. The van der Waals surface area contributed by atoms with Gasteiger partial charge in [-0.3, -0.25) is 20.0 Å². The Hall–Kier alpha value is -2.96. The van der Waals surface area contributed by atoms with Crippen LogP contribution in [0.4, 0.5) is 11.5 Å². The first-order valence-corrected chi connectivity index (χ1v) is 5.80. The molecule has 0 radical (unpaired) electrons. The monoisotopic (exact) mass is 272 g/mol. The van der Waals surface area contributed by atoms with E-state index in [4.69, 9.17) is 0 Å². The zero-order chi connectivity index (χ0) is 14.5. The Balaban J connectivity index is 2.05. The molecule has 7 nitrogen and oxygen atoms in total. The van der Waals surface area contributed by atoms with E-state index in [1.54, 1.807) is 18.3 Å². The van der Waals surface area contributed by atoms with Gasteiger partial charge in [0.05, 0.1) is 11.1 Å². The van der Waals surface area contributed by atoms with E-state index in [1.807, 2.05) is 6.92 Å². The fourth-order valence-electron chi connectivity index (χ4n) is 1.55. The molecule has 2 N–H and O–H groups in total. The number of H-pyrrole nitrogens is 1. The maximum atomic E-state index is 11.7. The Morgan fingerprint density at radius 2 is 2.30 bits per heavy atom. The summed E-state index contributed by atoms with van der Waals surface area (Å²) < 4.78 is 0. The van der Waals surface area contributed by atoms with Crippen molar-refractivity contribution in [2.75, 3.05) is 5.32 Å². The van der Waals surface area contributed by atoms with Crippen LogP contribution in [0, 0.1) is 17.0 Å². The van der Waals surface area contributed by atoms with Crippen LogP contribution in [0.1, 0.15) is 11.1 Å². The SMILES string of the molecule is Cc1cn[nH]c1NC(=O)/C=C/c1cccc([N+](=O)[O-])c1. The third-order valence-corrected chi connectivity index (χ3v) is 2.59. The van der Waals surface area contributed by atoms with Crippen molar-refractivity contribution in [3.63, 3.8) is 0 Å². The summed E-state index contributed by atoms with van der Waals surface area (Å²) in [6.45, 7) is 1.81. The van der Waals surface area contributed by atoms with Gasteiger partial charge in [-0.1, -0.05) is 12.1 Å². The van der Waals surface area contributed by atoms with Gasteiger partial charge in [-0.15, -0.1) is 0 Å². The van der Waals surface area contributed by atoms with Crippen molar-refractivity contribution in [2.45, 2.75) is 6.92 Å². The summed E-state index contributed by atoms with van der Waals surface area (Å²) in [4.78, 5) is 21.8. The average Bonchev–Trinajstić information content (AvgIpc) is 2.82. The summed E-state index contributed by atoms with van der Waals surface area (Å²) in [5.74, 6) is 0.183. The van der Waals surface area contributed by atoms with Gasteiger partial charge >= 0.3 is 0 Å². The van der Waals surface area contributed by atoms with E-state index < -0.39 is 4.92 Å². The first kappa shape index (κ1) is 13.5. The van der Waals surface area contributed by atoms with Gasteiger partial charge < -0.3 is 5.32 Å². The Morgan fingerprint density at radius 3 is 2.95 bits per heavy atom. The third-order valence-electron chi connectivity index (χ3n) is 2.59. The highest BCUT2D eigenvalue weighted by Gasteiger charge is 2.05. The van der Waals surface area contributed by atoms with Gasteiger partial charge in [0.15, 0.2) is 0 Å². The molecule has 0 saturated carbocycles. The van der Waals surface area contributed by atoms with Crippen molar-refractivity contribution in [2.24, 2.45) is 0 Å². The number of benzene rings is 1. The number of nitro benzene ring substituents is 1. The number of nitrogens with zero attached hydrogens (tertiary/aromatic N) is 2. The smallest absolute Gasteiger partial charge is 0.270 e. The largest absolute Gasteiger partial charge is 0.307 e. The summed E-state index contributed by atoms with van der Waals surface area (Å²) >= 11 is 0. The molecule has 0 aliphatic rings. The Kier molecular flexibility index (Phi) is 3.90. The molecule has 0 saturated heterocycles. The molecule has 0 atom stereocenters. The molecule has 102 valence electrons. The van der Waals surface area contributed by atoms with Crippen molar-refractivity contribution >= 4 is 23.5 Å². The Labute approximate surface area is 114 Å². The summed E-state index contributed by atoms with van der Waals surface area (Å²) in [6, 6.07) is 6.03. The second kappa shape index (κ2) is 5.79. The first-order chi connectivity index (χ1) is 9.56. The summed E-state index contributed by atoms with van der Waals surface area (Å²) in [5, 5.41) is 19.7. The van der Waals surface area contributed by atoms with E-state index in [1.165, 1.54) is 24.3 Å². The number of nitrogens with one attached hydrogen (secondary N) is 2. The predicted molar refractivity (Wildman–Crippen MR) is 74.1 cm³/mol. The van der Waals surface area contributed by atoms with E-state index in [0.717, 1.165) is 5.56 Å². The molecule has 1 heterocycles. The lowest BCUT2D eigenvalue weighted by molar-refractivity contribution is -0.384. The molecular weight excluding hydrogens is 260 g/mol. The first-order valence-electron chi connectivity index (χ1n) is 5.80. The number of aromatic amines is 1. The highest BCUT2D eigenvalue weighted by molar-refractivity contribution is 6.01. The Bertz CT molecular complexity index is 676. The van der Waals surface area contributed by atoms with Gasteiger partial charge in [-0.25, -0.2) is 0 Å². The van der Waals surface area contributed by atoms with E-state index in [-0.39, 0.29) is 11.6 Å². The number of non-ortho nitro benzene ring substituents is 1. The minimum Gasteiger partial charge on any atom is -0.307 e. The van der Waals surface area contributed by atoms with Gasteiger partial charge in [0.2, 0.25) is 5.91 Å². The fraction of sp³-hybridized carbons (Fsp3) is 0.0769. The van der Waals surface area contributed by atoms with Crippen LogP contribution in [0.2, 0.25) is 0 Å². The van der Waals surface area contributed by atoms with E-state index in [0.29, 0.717) is 11.4 Å². The summed E-state index contributed by atoms with van der Waals surface area (Å²) in [7, 11) is 0. The van der Waals surface area contributed by atoms with Crippen LogP contribution >= 0.6 is 0 Å². The number of amides is 1. The van der Waals surface area contributed by atoms with Crippen molar-refractivity contribution in [3.05, 3.63) is 57.8 Å². The molecule has 0 spiro atoms. The molecule has 1 amide bonds. The van der Waals surface area contributed by atoms with E-state index in [2.05, 4.69) is 15.5 Å². The van der Waals surface area contributed by atoms with E-state index >= 15 is 0 Å². The number of nitro groups is 1. The second-order valence-electron chi connectivity index (χ2n) is 4.10. The number of anilines is 1. The van der Waals surface area contributed by atoms with Gasteiger partial charge in [0, 0.05) is 23.8 Å². The van der Waals surface area contributed by atoms with Crippen molar-refractivity contribution in [3.8, 4) is 0 Å². The van der Waals surface area contributed by atoms with Crippen LogP contribution in [-0.4, -0.2) is 21.0 Å². The lowest BCUT2D eigenvalue weighted by Gasteiger charge is -1.99. The number of rotatable bonds is 4. The van der Waals surface area contributed by atoms with Crippen LogP contribution < -0.4 is 5.32 Å². The number of aryl methyl sites for hydroxylation is 1. The molecule has 2 aromatic rings. The van der Waals surface area contributed by atoms with Gasteiger partial charge in [0.25, 0.3) is 5.69 Å². The normalized spacial score (nSPS) is 10.7. The molecule has 0 fully saturated rings. The highest BCUT2D eigenvalue weighted by atomic mass is 16.6.